The highest BCUT2D eigenvalue weighted by Gasteiger charge is 2.19. The van der Waals surface area contributed by atoms with Gasteiger partial charge in [0, 0.05) is 13.1 Å². The average molecular weight is 375 g/mol. The van der Waals surface area contributed by atoms with Crippen LogP contribution in [0.3, 0.4) is 0 Å². The van der Waals surface area contributed by atoms with Crippen LogP contribution >= 0.6 is 0 Å². The zero-order valence-electron chi connectivity index (χ0n) is 16.7. The molecule has 1 aliphatic heterocycles. The number of methoxy groups -OCH3 is 1. The highest BCUT2D eigenvalue weighted by Crippen LogP contribution is 2.30. The molecule has 2 aliphatic rings. The summed E-state index contributed by atoms with van der Waals surface area (Å²) >= 11 is 0. The minimum Gasteiger partial charge on any atom is -0.497 e. The van der Waals surface area contributed by atoms with Gasteiger partial charge in [-0.3, -0.25) is 0 Å². The molecule has 1 heterocycles. The number of benzene rings is 1. The molecule has 0 saturated carbocycles. The number of hydrogen-bond acceptors (Lipinski definition) is 4. The van der Waals surface area contributed by atoms with E-state index in [-0.39, 0.29) is 6.09 Å². The summed E-state index contributed by atoms with van der Waals surface area (Å²) in [5.41, 5.74) is 2.98. The largest absolute Gasteiger partial charge is 0.497 e. The van der Waals surface area contributed by atoms with Gasteiger partial charge in [0.2, 0.25) is 0 Å². The fourth-order valence-electron chi connectivity index (χ4n) is 4.18. The number of cyclic esters (lactones) is 1. The second kappa shape index (κ2) is 10.5. The first-order valence-corrected chi connectivity index (χ1v) is 10.5. The third-order valence-corrected chi connectivity index (χ3v) is 5.80. The number of nitrogens with one attached hydrogen (secondary N) is 1. The summed E-state index contributed by atoms with van der Waals surface area (Å²) in [5.74, 6) is 1.78. The molecule has 5 heteroatoms. The molecule has 1 fully saturated rings. The van der Waals surface area contributed by atoms with Crippen molar-refractivity contribution < 1.29 is 14.3 Å². The highest BCUT2D eigenvalue weighted by molar-refractivity contribution is 5.68. The number of fused-ring (bicyclic) bond motifs is 1. The lowest BCUT2D eigenvalue weighted by atomic mass is 9.81. The molecule has 1 atom stereocenters. The van der Waals surface area contributed by atoms with Crippen LogP contribution in [0.2, 0.25) is 0 Å². The van der Waals surface area contributed by atoms with E-state index in [2.05, 4.69) is 23.5 Å². The van der Waals surface area contributed by atoms with Crippen molar-refractivity contribution in [2.75, 3.05) is 39.9 Å². The standard InChI is InChI=1S/C22H34N2O3/c1-26-21-10-9-19-8-7-18(16-20(19)17-21)6-4-12-23-11-2-3-13-24-14-5-15-27-22(24)25/h9-10,17-18,23H,2-8,11-16H2,1H3. The lowest BCUT2D eigenvalue weighted by Crippen LogP contribution is -2.38. The Balaban J connectivity index is 1.23. The number of unbranched alkanes of at least 4 members (excludes halogenated alkanes) is 1. The molecule has 1 amide bonds. The number of ether oxygens (including phenoxy) is 2. The minimum atomic E-state index is -0.138. The molecule has 5 nitrogen and oxygen atoms in total. The van der Waals surface area contributed by atoms with Crippen LogP contribution in [0.15, 0.2) is 18.2 Å². The van der Waals surface area contributed by atoms with Crippen LogP contribution in [0.5, 0.6) is 5.75 Å². The van der Waals surface area contributed by atoms with E-state index in [0.717, 1.165) is 57.1 Å². The van der Waals surface area contributed by atoms with Gasteiger partial charge < -0.3 is 19.7 Å². The second-order valence-electron chi connectivity index (χ2n) is 7.80. The third kappa shape index (κ3) is 6.13. The average Bonchev–Trinajstić information content (AvgIpc) is 2.70. The molecule has 1 aliphatic carbocycles. The summed E-state index contributed by atoms with van der Waals surface area (Å²) in [6, 6.07) is 6.53. The maximum absolute atomic E-state index is 11.5. The van der Waals surface area contributed by atoms with Crippen molar-refractivity contribution in [3.63, 3.8) is 0 Å². The van der Waals surface area contributed by atoms with Crippen LogP contribution in [-0.2, 0) is 17.6 Å². The number of carbonyl (C=O) groups is 1. The van der Waals surface area contributed by atoms with Gasteiger partial charge in [-0.15, -0.1) is 0 Å². The van der Waals surface area contributed by atoms with E-state index >= 15 is 0 Å². The summed E-state index contributed by atoms with van der Waals surface area (Å²) in [7, 11) is 1.74. The predicted octanol–water partition coefficient (Wildman–Crippen LogP) is 3.79. The van der Waals surface area contributed by atoms with E-state index in [1.54, 1.807) is 7.11 Å². The molecule has 1 N–H and O–H groups in total. The second-order valence-corrected chi connectivity index (χ2v) is 7.80. The third-order valence-electron chi connectivity index (χ3n) is 5.80. The van der Waals surface area contributed by atoms with Crippen molar-refractivity contribution >= 4 is 6.09 Å². The Kier molecular flexibility index (Phi) is 7.81. The molecule has 1 aromatic rings. The number of amides is 1. The van der Waals surface area contributed by atoms with E-state index in [9.17, 15) is 4.79 Å². The monoisotopic (exact) mass is 374 g/mol. The van der Waals surface area contributed by atoms with Gasteiger partial charge in [0.1, 0.15) is 5.75 Å². The summed E-state index contributed by atoms with van der Waals surface area (Å²) in [4.78, 5) is 13.4. The fraction of sp³-hybridized carbons (Fsp3) is 0.682. The molecule has 0 aromatic heterocycles. The molecule has 0 bridgehead atoms. The SMILES string of the molecule is COc1ccc2c(c1)CC(CCCNCCCCN1CCCOC1=O)CC2. The van der Waals surface area contributed by atoms with Crippen molar-refractivity contribution in [1.82, 2.24) is 10.2 Å². The zero-order chi connectivity index (χ0) is 18.9. The summed E-state index contributed by atoms with van der Waals surface area (Å²) in [6.45, 7) is 4.38. The lowest BCUT2D eigenvalue weighted by molar-refractivity contribution is 0.0723. The topological polar surface area (TPSA) is 50.8 Å². The Morgan fingerprint density at radius 3 is 2.96 bits per heavy atom. The van der Waals surface area contributed by atoms with Gasteiger partial charge in [0.15, 0.2) is 0 Å². The Hall–Kier alpha value is -1.75. The van der Waals surface area contributed by atoms with E-state index in [1.165, 1.54) is 43.2 Å². The molecule has 1 saturated heterocycles. The number of hydrogen-bond donors (Lipinski definition) is 1. The number of rotatable bonds is 10. The maximum Gasteiger partial charge on any atom is 0.409 e. The molecular weight excluding hydrogens is 340 g/mol. The van der Waals surface area contributed by atoms with Gasteiger partial charge in [-0.05, 0) is 93.6 Å². The lowest BCUT2D eigenvalue weighted by Gasteiger charge is -2.26. The van der Waals surface area contributed by atoms with E-state index < -0.39 is 0 Å². The van der Waals surface area contributed by atoms with Crippen LogP contribution in [0, 0.1) is 5.92 Å². The number of aryl methyl sites for hydroxylation is 1. The van der Waals surface area contributed by atoms with E-state index in [4.69, 9.17) is 9.47 Å². The highest BCUT2D eigenvalue weighted by atomic mass is 16.6. The first-order chi connectivity index (χ1) is 13.3. The molecule has 1 unspecified atom stereocenters. The number of nitrogens with zero attached hydrogens (tertiary/aromatic N) is 1. The molecule has 3 rings (SSSR count). The number of carbonyl (C=O) groups excluding carboxylic acids is 1. The first-order valence-electron chi connectivity index (χ1n) is 10.5. The quantitative estimate of drug-likeness (QED) is 0.633. The predicted molar refractivity (Wildman–Crippen MR) is 107 cm³/mol. The smallest absolute Gasteiger partial charge is 0.409 e. The van der Waals surface area contributed by atoms with Crippen LogP contribution < -0.4 is 10.1 Å². The van der Waals surface area contributed by atoms with Gasteiger partial charge >= 0.3 is 6.09 Å². The minimum absolute atomic E-state index is 0.138. The van der Waals surface area contributed by atoms with Crippen molar-refractivity contribution in [2.45, 2.75) is 51.4 Å². The van der Waals surface area contributed by atoms with Crippen molar-refractivity contribution in [1.29, 1.82) is 0 Å². The van der Waals surface area contributed by atoms with Gasteiger partial charge in [-0.25, -0.2) is 4.79 Å². The van der Waals surface area contributed by atoms with Gasteiger partial charge in [-0.2, -0.15) is 0 Å². The van der Waals surface area contributed by atoms with Crippen LogP contribution in [0.4, 0.5) is 4.79 Å². The normalized spacial score (nSPS) is 19.5. The molecular formula is C22H34N2O3. The van der Waals surface area contributed by atoms with Gasteiger partial charge in [-0.1, -0.05) is 6.07 Å². The Morgan fingerprint density at radius 2 is 2.11 bits per heavy atom. The van der Waals surface area contributed by atoms with Crippen LogP contribution in [0.1, 0.15) is 49.7 Å². The van der Waals surface area contributed by atoms with Crippen LogP contribution in [-0.4, -0.2) is 50.9 Å². The maximum atomic E-state index is 11.5. The van der Waals surface area contributed by atoms with Crippen LogP contribution in [0.25, 0.3) is 0 Å². The summed E-state index contributed by atoms with van der Waals surface area (Å²) in [5, 5.41) is 3.56. The van der Waals surface area contributed by atoms with Crippen molar-refractivity contribution in [3.8, 4) is 5.75 Å². The van der Waals surface area contributed by atoms with E-state index in [0.29, 0.717) is 6.61 Å². The molecule has 0 radical (unpaired) electrons. The Labute approximate surface area is 163 Å². The van der Waals surface area contributed by atoms with Crippen molar-refractivity contribution in [3.05, 3.63) is 29.3 Å². The molecule has 150 valence electrons. The molecule has 27 heavy (non-hydrogen) atoms. The molecule has 0 spiro atoms. The summed E-state index contributed by atoms with van der Waals surface area (Å²) < 4.78 is 10.4. The Morgan fingerprint density at radius 1 is 1.22 bits per heavy atom. The van der Waals surface area contributed by atoms with Gasteiger partial charge in [0.05, 0.1) is 13.7 Å². The van der Waals surface area contributed by atoms with E-state index in [1.807, 2.05) is 4.90 Å². The molecule has 1 aromatic carbocycles. The van der Waals surface area contributed by atoms with Gasteiger partial charge in [0.25, 0.3) is 0 Å². The summed E-state index contributed by atoms with van der Waals surface area (Å²) in [6.07, 6.45) is 9.22. The van der Waals surface area contributed by atoms with Crippen molar-refractivity contribution in [2.24, 2.45) is 5.92 Å². The fourth-order valence-corrected chi connectivity index (χ4v) is 4.18. The zero-order valence-corrected chi connectivity index (χ0v) is 16.7. The first kappa shape index (κ1) is 20.0. The Bertz CT molecular complexity index is 605.